The lowest BCUT2D eigenvalue weighted by Crippen LogP contribution is -2.54. The van der Waals surface area contributed by atoms with E-state index in [1.165, 1.54) is 13.5 Å². The summed E-state index contributed by atoms with van der Waals surface area (Å²) < 4.78 is 35.7. The van der Waals surface area contributed by atoms with Gasteiger partial charge in [0.25, 0.3) is 5.91 Å². The first kappa shape index (κ1) is 20.9. The Bertz CT molecular complexity index is 1000. The van der Waals surface area contributed by atoms with Crippen LogP contribution in [0.3, 0.4) is 0 Å². The number of ether oxygens (including phenoxy) is 1. The Hall–Kier alpha value is -2.35. The number of fused-ring (bicyclic) bond motifs is 1. The minimum Gasteiger partial charge on any atom is -0.497 e. The molecule has 1 aromatic carbocycles. The van der Waals surface area contributed by atoms with E-state index in [4.69, 9.17) is 4.74 Å². The number of rotatable bonds is 3. The molecule has 2 aliphatic heterocycles. The number of likely N-dealkylation sites (N-methyl/N-ethyl adjacent to an activating group) is 1. The molecule has 1 saturated carbocycles. The Morgan fingerprint density at radius 3 is 2.73 bits per heavy atom. The average molecular weight is 432 g/mol. The van der Waals surface area contributed by atoms with E-state index in [0.29, 0.717) is 29.7 Å². The SMILES string of the molecule is COc1cccc(C2=NS(=O)(=O)N(C)C(C(=O)N3CC[C@H](C)[C@@H]4CCCC[C@@H]43)=C2)c1. The maximum atomic E-state index is 13.6. The highest BCUT2D eigenvalue weighted by Gasteiger charge is 2.42. The summed E-state index contributed by atoms with van der Waals surface area (Å²) in [7, 11) is -1.04. The van der Waals surface area contributed by atoms with Crippen molar-refractivity contribution in [3.05, 3.63) is 41.6 Å². The van der Waals surface area contributed by atoms with E-state index in [9.17, 15) is 13.2 Å². The third-order valence-electron chi connectivity index (χ3n) is 6.76. The van der Waals surface area contributed by atoms with E-state index in [-0.39, 0.29) is 23.4 Å². The first-order valence-electron chi connectivity index (χ1n) is 10.6. The minimum absolute atomic E-state index is 0.154. The van der Waals surface area contributed by atoms with Crippen LogP contribution in [0, 0.1) is 11.8 Å². The summed E-state index contributed by atoms with van der Waals surface area (Å²) >= 11 is 0. The molecular formula is C22H29N3O4S. The zero-order valence-electron chi connectivity index (χ0n) is 17.7. The first-order valence-corrected chi connectivity index (χ1v) is 12.0. The van der Waals surface area contributed by atoms with Crippen molar-refractivity contribution < 1.29 is 17.9 Å². The average Bonchev–Trinajstić information content (AvgIpc) is 2.75. The molecule has 4 rings (SSSR count). The lowest BCUT2D eigenvalue weighted by Gasteiger charge is -2.47. The molecule has 0 radical (unpaired) electrons. The lowest BCUT2D eigenvalue weighted by atomic mass is 9.72. The summed E-state index contributed by atoms with van der Waals surface area (Å²) in [6.45, 7) is 2.94. The number of hydrogen-bond acceptors (Lipinski definition) is 4. The molecule has 0 unspecified atom stereocenters. The monoisotopic (exact) mass is 431 g/mol. The molecule has 1 aliphatic carbocycles. The van der Waals surface area contributed by atoms with Gasteiger partial charge in [-0.25, -0.2) is 4.31 Å². The number of amides is 1. The van der Waals surface area contributed by atoms with E-state index in [2.05, 4.69) is 11.3 Å². The van der Waals surface area contributed by atoms with Crippen molar-refractivity contribution in [2.24, 2.45) is 16.2 Å². The van der Waals surface area contributed by atoms with Crippen LogP contribution in [0.2, 0.25) is 0 Å². The number of piperidine rings is 1. The van der Waals surface area contributed by atoms with Crippen molar-refractivity contribution in [2.75, 3.05) is 20.7 Å². The Balaban J connectivity index is 1.70. The Morgan fingerprint density at radius 2 is 1.97 bits per heavy atom. The highest BCUT2D eigenvalue weighted by molar-refractivity contribution is 7.88. The highest BCUT2D eigenvalue weighted by atomic mass is 32.2. The van der Waals surface area contributed by atoms with Crippen molar-refractivity contribution in [3.63, 3.8) is 0 Å². The number of nitrogens with zero attached hydrogens (tertiary/aromatic N) is 3. The molecule has 0 N–H and O–H groups in total. The Labute approximate surface area is 178 Å². The van der Waals surface area contributed by atoms with Gasteiger partial charge in [-0.05, 0) is 49.3 Å². The number of likely N-dealkylation sites (tertiary alicyclic amines) is 1. The first-order chi connectivity index (χ1) is 14.3. The van der Waals surface area contributed by atoms with Crippen LogP contribution in [-0.4, -0.2) is 56.0 Å². The van der Waals surface area contributed by atoms with Gasteiger partial charge in [-0.1, -0.05) is 31.9 Å². The molecule has 2 heterocycles. The summed E-state index contributed by atoms with van der Waals surface area (Å²) in [6, 6.07) is 7.22. The van der Waals surface area contributed by atoms with Crippen molar-refractivity contribution in [1.29, 1.82) is 0 Å². The van der Waals surface area contributed by atoms with Gasteiger partial charge in [0.1, 0.15) is 11.4 Å². The van der Waals surface area contributed by atoms with E-state index in [1.54, 1.807) is 37.5 Å². The van der Waals surface area contributed by atoms with Crippen molar-refractivity contribution in [3.8, 4) is 5.75 Å². The second kappa shape index (κ2) is 8.06. The number of allylic oxidation sites excluding steroid dienone is 1. The topological polar surface area (TPSA) is 79.3 Å². The fourth-order valence-electron chi connectivity index (χ4n) is 4.98. The van der Waals surface area contributed by atoms with Gasteiger partial charge >= 0.3 is 10.2 Å². The smallest absolute Gasteiger partial charge is 0.345 e. The van der Waals surface area contributed by atoms with Crippen LogP contribution in [-0.2, 0) is 15.0 Å². The summed E-state index contributed by atoms with van der Waals surface area (Å²) in [5, 5.41) is 0. The van der Waals surface area contributed by atoms with Crippen LogP contribution < -0.4 is 4.74 Å². The molecule has 0 aromatic heterocycles. The van der Waals surface area contributed by atoms with Gasteiger partial charge in [-0.15, -0.1) is 4.40 Å². The fraction of sp³-hybridized carbons (Fsp3) is 0.545. The quantitative estimate of drug-likeness (QED) is 0.737. The van der Waals surface area contributed by atoms with Gasteiger partial charge in [-0.2, -0.15) is 8.42 Å². The van der Waals surface area contributed by atoms with Gasteiger partial charge in [0.15, 0.2) is 0 Å². The molecule has 3 atom stereocenters. The molecule has 1 aromatic rings. The third-order valence-corrected chi connectivity index (χ3v) is 8.07. The van der Waals surface area contributed by atoms with Gasteiger partial charge < -0.3 is 9.64 Å². The molecule has 8 heteroatoms. The van der Waals surface area contributed by atoms with E-state index < -0.39 is 10.2 Å². The molecule has 162 valence electrons. The molecular weight excluding hydrogens is 402 g/mol. The lowest BCUT2D eigenvalue weighted by molar-refractivity contribution is -0.135. The second-order valence-corrected chi connectivity index (χ2v) is 10.1. The van der Waals surface area contributed by atoms with Gasteiger partial charge in [0.2, 0.25) is 0 Å². The normalized spacial score (nSPS) is 28.3. The van der Waals surface area contributed by atoms with Crippen LogP contribution in [0.15, 0.2) is 40.4 Å². The van der Waals surface area contributed by atoms with Crippen LogP contribution in [0.1, 0.15) is 44.6 Å². The highest BCUT2D eigenvalue weighted by Crippen LogP contribution is 2.39. The number of benzene rings is 1. The Kier molecular flexibility index (Phi) is 5.61. The van der Waals surface area contributed by atoms with Crippen molar-refractivity contribution in [2.45, 2.75) is 45.1 Å². The standard InChI is InChI=1S/C22H29N3O4S/c1-15-11-12-25(20-10-5-4-9-18(15)20)22(26)21-14-19(23-30(27,28)24(21)2)16-7-6-8-17(13-16)29-3/h6-8,13-15,18,20H,4-5,9-12H2,1-3H3/t15-,18-,20-/m0/s1. The van der Waals surface area contributed by atoms with Crippen molar-refractivity contribution >= 4 is 21.8 Å². The fourth-order valence-corrected chi connectivity index (χ4v) is 5.89. The predicted molar refractivity (Wildman–Crippen MR) is 116 cm³/mol. The number of carbonyl (C=O) groups excluding carboxylic acids is 1. The van der Waals surface area contributed by atoms with E-state index in [1.807, 2.05) is 4.90 Å². The Morgan fingerprint density at radius 1 is 1.20 bits per heavy atom. The van der Waals surface area contributed by atoms with Crippen molar-refractivity contribution in [1.82, 2.24) is 9.21 Å². The molecule has 1 saturated heterocycles. The molecule has 7 nitrogen and oxygen atoms in total. The predicted octanol–water partition coefficient (Wildman–Crippen LogP) is 2.99. The number of methoxy groups -OCH3 is 1. The molecule has 0 spiro atoms. The van der Waals surface area contributed by atoms with Gasteiger partial charge in [0.05, 0.1) is 12.8 Å². The summed E-state index contributed by atoms with van der Waals surface area (Å²) in [5.74, 6) is 1.46. The zero-order chi connectivity index (χ0) is 21.5. The zero-order valence-corrected chi connectivity index (χ0v) is 18.6. The maximum Gasteiger partial charge on any atom is 0.345 e. The van der Waals surface area contributed by atoms with Crippen LogP contribution >= 0.6 is 0 Å². The van der Waals surface area contributed by atoms with E-state index >= 15 is 0 Å². The molecule has 3 aliphatic rings. The summed E-state index contributed by atoms with van der Waals surface area (Å²) in [4.78, 5) is 15.5. The number of carbonyl (C=O) groups is 1. The summed E-state index contributed by atoms with van der Waals surface area (Å²) in [6.07, 6.45) is 6.99. The van der Waals surface area contributed by atoms with Crippen LogP contribution in [0.5, 0.6) is 5.75 Å². The second-order valence-electron chi connectivity index (χ2n) is 8.46. The van der Waals surface area contributed by atoms with Crippen LogP contribution in [0.4, 0.5) is 0 Å². The van der Waals surface area contributed by atoms with Gasteiger partial charge in [0, 0.05) is 25.2 Å². The van der Waals surface area contributed by atoms with Gasteiger partial charge in [-0.3, -0.25) is 4.79 Å². The molecule has 0 bridgehead atoms. The summed E-state index contributed by atoms with van der Waals surface area (Å²) in [5.41, 5.74) is 1.00. The largest absolute Gasteiger partial charge is 0.497 e. The minimum atomic E-state index is -3.99. The van der Waals surface area contributed by atoms with E-state index in [0.717, 1.165) is 30.0 Å². The third kappa shape index (κ3) is 3.73. The molecule has 1 amide bonds. The molecule has 2 fully saturated rings. The molecule has 30 heavy (non-hydrogen) atoms. The maximum absolute atomic E-state index is 13.6. The number of hydrogen-bond donors (Lipinski definition) is 0. The van der Waals surface area contributed by atoms with Crippen LogP contribution in [0.25, 0.3) is 0 Å².